The van der Waals surface area contributed by atoms with E-state index in [1.807, 2.05) is 0 Å². The van der Waals surface area contributed by atoms with Gasteiger partial charge in [0.1, 0.15) is 11.4 Å². The molecule has 0 radical (unpaired) electrons. The summed E-state index contributed by atoms with van der Waals surface area (Å²) in [4.78, 5) is 13.5. The molecule has 0 aliphatic heterocycles. The number of halogens is 2. The Morgan fingerprint density at radius 1 is 1.67 bits per heavy atom. The normalized spacial score (nSPS) is 9.27. The van der Waals surface area contributed by atoms with Gasteiger partial charge in [0.25, 0.3) is 0 Å². The van der Waals surface area contributed by atoms with Crippen molar-refractivity contribution in [2.75, 3.05) is 7.11 Å². The zero-order valence-corrected chi connectivity index (χ0v) is 8.32. The zero-order chi connectivity index (χ0) is 11.4. The van der Waals surface area contributed by atoms with Crippen LogP contribution in [0.3, 0.4) is 0 Å². The molecule has 0 unspecified atom stereocenters. The van der Waals surface area contributed by atoms with E-state index in [2.05, 4.69) is 14.8 Å². The van der Waals surface area contributed by atoms with E-state index in [9.17, 15) is 9.18 Å². The largest absolute Gasteiger partial charge is 0.465 e. The highest BCUT2D eigenvalue weighted by Gasteiger charge is 2.17. The Bertz CT molecular complexity index is 434. The topological polar surface area (TPSA) is 75.1 Å². The maximum atomic E-state index is 13.3. The fourth-order valence-electron chi connectivity index (χ4n) is 0.966. The first-order valence-corrected chi connectivity index (χ1v) is 4.10. The maximum absolute atomic E-state index is 13.3. The van der Waals surface area contributed by atoms with Gasteiger partial charge in [-0.3, -0.25) is 0 Å². The molecule has 0 N–H and O–H groups in total. The molecule has 0 fully saturated rings. The number of methoxy groups -OCH3 is 1. The van der Waals surface area contributed by atoms with Gasteiger partial charge < -0.3 is 4.74 Å². The number of hydrogen-bond acceptors (Lipinski definition) is 3. The number of azide groups is 1. The van der Waals surface area contributed by atoms with Crippen molar-refractivity contribution in [3.8, 4) is 0 Å². The van der Waals surface area contributed by atoms with Crippen LogP contribution in [0.4, 0.5) is 10.1 Å². The molecule has 0 atom stereocenters. The number of esters is 1. The first kappa shape index (κ1) is 11.3. The molecule has 0 aromatic heterocycles. The van der Waals surface area contributed by atoms with Crippen molar-refractivity contribution in [2.45, 2.75) is 0 Å². The summed E-state index contributed by atoms with van der Waals surface area (Å²) in [7, 11) is 1.11. The quantitative estimate of drug-likeness (QED) is 0.338. The third kappa shape index (κ3) is 2.37. The minimum absolute atomic E-state index is 0.00680. The summed E-state index contributed by atoms with van der Waals surface area (Å²) in [6.45, 7) is 0. The molecule has 5 nitrogen and oxygen atoms in total. The number of carbonyl (C=O) groups is 1. The van der Waals surface area contributed by atoms with Crippen LogP contribution >= 0.6 is 11.6 Å². The standard InChI is InChI=1S/C8H5ClFN3O2/c1-15-8(14)7-5(9)2-4(12-13-11)3-6(7)10/h2-3H,1H3. The molecule has 1 aromatic carbocycles. The van der Waals surface area contributed by atoms with Crippen molar-refractivity contribution in [2.24, 2.45) is 5.11 Å². The summed E-state index contributed by atoms with van der Waals surface area (Å²) >= 11 is 5.62. The van der Waals surface area contributed by atoms with Gasteiger partial charge in [0.15, 0.2) is 0 Å². The number of benzene rings is 1. The van der Waals surface area contributed by atoms with E-state index in [4.69, 9.17) is 17.1 Å². The number of ether oxygens (including phenoxy) is 1. The number of rotatable bonds is 2. The molecule has 0 aliphatic carbocycles. The second-order valence-electron chi connectivity index (χ2n) is 2.47. The summed E-state index contributed by atoms with van der Waals surface area (Å²) in [5.41, 5.74) is 7.74. The lowest BCUT2D eigenvalue weighted by Gasteiger charge is -2.04. The van der Waals surface area contributed by atoms with E-state index < -0.39 is 11.8 Å². The Labute approximate surface area is 89.0 Å². The molecule has 78 valence electrons. The Morgan fingerprint density at radius 3 is 2.80 bits per heavy atom. The van der Waals surface area contributed by atoms with E-state index in [1.165, 1.54) is 6.07 Å². The van der Waals surface area contributed by atoms with Crippen LogP contribution in [0, 0.1) is 5.82 Å². The van der Waals surface area contributed by atoms with Crippen molar-refractivity contribution in [1.82, 2.24) is 0 Å². The maximum Gasteiger partial charge on any atom is 0.342 e. The van der Waals surface area contributed by atoms with Crippen LogP contribution in [0.5, 0.6) is 0 Å². The second-order valence-corrected chi connectivity index (χ2v) is 2.87. The van der Waals surface area contributed by atoms with Gasteiger partial charge in [0, 0.05) is 10.6 Å². The van der Waals surface area contributed by atoms with E-state index in [0.29, 0.717) is 0 Å². The highest BCUT2D eigenvalue weighted by molar-refractivity contribution is 6.33. The summed E-state index contributed by atoms with van der Waals surface area (Å²) in [5, 5.41) is 3.00. The van der Waals surface area contributed by atoms with Gasteiger partial charge in [-0.2, -0.15) is 0 Å². The van der Waals surface area contributed by atoms with Crippen molar-refractivity contribution in [3.63, 3.8) is 0 Å². The highest BCUT2D eigenvalue weighted by atomic mass is 35.5. The lowest BCUT2D eigenvalue weighted by Crippen LogP contribution is -2.05. The molecule has 0 spiro atoms. The number of carbonyl (C=O) groups excluding carboxylic acids is 1. The van der Waals surface area contributed by atoms with Crippen LogP contribution < -0.4 is 0 Å². The summed E-state index contributed by atoms with van der Waals surface area (Å²) in [6, 6.07) is 2.08. The smallest absolute Gasteiger partial charge is 0.342 e. The van der Waals surface area contributed by atoms with Crippen LogP contribution in [0.2, 0.25) is 5.02 Å². The molecule has 7 heteroatoms. The molecule has 1 rings (SSSR count). The van der Waals surface area contributed by atoms with Crippen molar-refractivity contribution in [1.29, 1.82) is 0 Å². The third-order valence-electron chi connectivity index (χ3n) is 1.58. The predicted octanol–water partition coefficient (Wildman–Crippen LogP) is 3.21. The summed E-state index contributed by atoms with van der Waals surface area (Å²) in [6.07, 6.45) is 0. The van der Waals surface area contributed by atoms with E-state index in [0.717, 1.165) is 13.2 Å². The minimum Gasteiger partial charge on any atom is -0.465 e. The average molecular weight is 230 g/mol. The average Bonchev–Trinajstić information content (AvgIpc) is 2.16. The van der Waals surface area contributed by atoms with Gasteiger partial charge in [-0.1, -0.05) is 16.7 Å². The molecular weight excluding hydrogens is 225 g/mol. The van der Waals surface area contributed by atoms with Crippen molar-refractivity contribution in [3.05, 3.63) is 39.0 Å². The monoisotopic (exact) mass is 229 g/mol. The molecule has 0 bridgehead atoms. The van der Waals surface area contributed by atoms with Gasteiger partial charge in [0.05, 0.1) is 12.1 Å². The Morgan fingerprint density at radius 2 is 2.33 bits per heavy atom. The Balaban J connectivity index is 3.33. The van der Waals surface area contributed by atoms with Crippen LogP contribution in [0.1, 0.15) is 10.4 Å². The lowest BCUT2D eigenvalue weighted by atomic mass is 10.2. The van der Waals surface area contributed by atoms with E-state index in [-0.39, 0.29) is 16.3 Å². The van der Waals surface area contributed by atoms with Gasteiger partial charge in [-0.25, -0.2) is 9.18 Å². The SMILES string of the molecule is COC(=O)c1c(F)cc(N=[N+]=[N-])cc1Cl. The van der Waals surface area contributed by atoms with Crippen LogP contribution in [-0.4, -0.2) is 13.1 Å². The Hall–Kier alpha value is -1.78. The fraction of sp³-hybridized carbons (Fsp3) is 0.125. The van der Waals surface area contributed by atoms with Crippen LogP contribution in [0.25, 0.3) is 10.4 Å². The van der Waals surface area contributed by atoms with Crippen LogP contribution in [0.15, 0.2) is 17.2 Å². The van der Waals surface area contributed by atoms with Gasteiger partial charge in [0.2, 0.25) is 0 Å². The molecular formula is C8H5ClFN3O2. The second kappa shape index (κ2) is 4.63. The van der Waals surface area contributed by atoms with Gasteiger partial charge >= 0.3 is 5.97 Å². The van der Waals surface area contributed by atoms with Gasteiger partial charge in [-0.15, -0.1) is 0 Å². The summed E-state index contributed by atoms with van der Waals surface area (Å²) in [5.74, 6) is -1.78. The summed E-state index contributed by atoms with van der Waals surface area (Å²) < 4.78 is 17.6. The fourth-order valence-corrected chi connectivity index (χ4v) is 1.25. The molecule has 0 saturated carbocycles. The number of hydrogen-bond donors (Lipinski definition) is 0. The lowest BCUT2D eigenvalue weighted by molar-refractivity contribution is 0.0596. The molecule has 0 aliphatic rings. The van der Waals surface area contributed by atoms with E-state index in [1.54, 1.807) is 0 Å². The predicted molar refractivity (Wildman–Crippen MR) is 51.6 cm³/mol. The molecule has 0 amide bonds. The molecule has 1 aromatic rings. The molecule has 0 saturated heterocycles. The first-order valence-electron chi connectivity index (χ1n) is 3.72. The Kier molecular flexibility index (Phi) is 3.49. The zero-order valence-electron chi connectivity index (χ0n) is 7.57. The minimum atomic E-state index is -0.892. The van der Waals surface area contributed by atoms with E-state index >= 15 is 0 Å². The highest BCUT2D eigenvalue weighted by Crippen LogP contribution is 2.26. The third-order valence-corrected chi connectivity index (χ3v) is 1.87. The van der Waals surface area contributed by atoms with Gasteiger partial charge in [-0.05, 0) is 17.7 Å². The molecule has 15 heavy (non-hydrogen) atoms. The van der Waals surface area contributed by atoms with Crippen LogP contribution in [-0.2, 0) is 4.74 Å². The molecule has 0 heterocycles. The van der Waals surface area contributed by atoms with Crippen molar-refractivity contribution < 1.29 is 13.9 Å². The van der Waals surface area contributed by atoms with Crippen molar-refractivity contribution >= 4 is 23.3 Å². The first-order chi connectivity index (χ1) is 7.10. The number of nitrogens with zero attached hydrogens (tertiary/aromatic N) is 3.